The topological polar surface area (TPSA) is 85.1 Å². The molecule has 1 fully saturated rings. The Labute approximate surface area is 156 Å². The van der Waals surface area contributed by atoms with E-state index in [2.05, 4.69) is 15.4 Å². The van der Waals surface area contributed by atoms with Crippen molar-refractivity contribution >= 4 is 16.8 Å². The number of hydrogen-bond acceptors (Lipinski definition) is 5. The van der Waals surface area contributed by atoms with E-state index in [1.165, 1.54) is 0 Å². The Kier molecular flexibility index (Phi) is 4.49. The standard InChI is InChI=1S/C19H22N6O2/c1-3-25-14-7-5-4-6-13(14)17(26)16(22-25)19(27)24-11-8-20-12-15(24)18-21-9-10-23(18)2/h4-7,9-10,15,20H,3,8,11-12H2,1-2H3. The second-order valence-corrected chi connectivity index (χ2v) is 6.63. The summed E-state index contributed by atoms with van der Waals surface area (Å²) in [5, 5.41) is 8.22. The van der Waals surface area contributed by atoms with Crippen LogP contribution in [0.25, 0.3) is 10.9 Å². The largest absolute Gasteiger partial charge is 0.336 e. The van der Waals surface area contributed by atoms with Crippen LogP contribution in [0.3, 0.4) is 0 Å². The predicted molar refractivity (Wildman–Crippen MR) is 102 cm³/mol. The van der Waals surface area contributed by atoms with Crippen molar-refractivity contribution in [1.82, 2.24) is 29.5 Å². The molecule has 8 nitrogen and oxygen atoms in total. The average molecular weight is 366 g/mol. The van der Waals surface area contributed by atoms with Crippen LogP contribution >= 0.6 is 0 Å². The molecule has 0 radical (unpaired) electrons. The van der Waals surface area contributed by atoms with E-state index in [4.69, 9.17) is 0 Å². The highest BCUT2D eigenvalue weighted by Gasteiger charge is 2.33. The zero-order chi connectivity index (χ0) is 19.0. The molecule has 1 aliphatic heterocycles. The van der Waals surface area contributed by atoms with E-state index in [1.54, 1.807) is 27.9 Å². The highest BCUT2D eigenvalue weighted by molar-refractivity contribution is 5.95. The van der Waals surface area contributed by atoms with Crippen molar-refractivity contribution in [3.8, 4) is 0 Å². The number of imidazole rings is 1. The maximum atomic E-state index is 13.3. The Morgan fingerprint density at radius 2 is 2.15 bits per heavy atom. The first kappa shape index (κ1) is 17.4. The number of para-hydroxylation sites is 1. The summed E-state index contributed by atoms with van der Waals surface area (Å²) in [4.78, 5) is 32.4. The van der Waals surface area contributed by atoms with Gasteiger partial charge >= 0.3 is 0 Å². The number of amides is 1. The first-order valence-corrected chi connectivity index (χ1v) is 9.10. The number of benzene rings is 1. The van der Waals surface area contributed by atoms with Crippen LogP contribution in [0, 0.1) is 0 Å². The molecule has 0 spiro atoms. The zero-order valence-electron chi connectivity index (χ0n) is 15.4. The summed E-state index contributed by atoms with van der Waals surface area (Å²) in [6.45, 7) is 4.27. The van der Waals surface area contributed by atoms with E-state index < -0.39 is 0 Å². The fraction of sp³-hybridized carbons (Fsp3) is 0.368. The number of rotatable bonds is 3. The van der Waals surface area contributed by atoms with E-state index >= 15 is 0 Å². The Bertz CT molecular complexity index is 1050. The van der Waals surface area contributed by atoms with Crippen molar-refractivity contribution in [2.45, 2.75) is 19.5 Å². The molecule has 1 N–H and O–H groups in total. The van der Waals surface area contributed by atoms with Gasteiger partial charge in [0.15, 0.2) is 5.69 Å². The van der Waals surface area contributed by atoms with E-state index in [0.29, 0.717) is 31.6 Å². The Hall–Kier alpha value is -3.00. The number of piperazine rings is 1. The van der Waals surface area contributed by atoms with Crippen molar-refractivity contribution < 1.29 is 4.79 Å². The second-order valence-electron chi connectivity index (χ2n) is 6.63. The minimum atomic E-state index is -0.345. The van der Waals surface area contributed by atoms with Crippen LogP contribution in [0.2, 0.25) is 0 Å². The van der Waals surface area contributed by atoms with E-state index in [-0.39, 0.29) is 23.1 Å². The molecule has 2 aromatic heterocycles. The van der Waals surface area contributed by atoms with Crippen molar-refractivity contribution in [2.75, 3.05) is 19.6 Å². The maximum absolute atomic E-state index is 13.3. The molecular weight excluding hydrogens is 344 g/mol. The van der Waals surface area contributed by atoms with Gasteiger partial charge in [0.1, 0.15) is 11.9 Å². The molecule has 0 bridgehead atoms. The summed E-state index contributed by atoms with van der Waals surface area (Å²) >= 11 is 0. The molecule has 8 heteroatoms. The zero-order valence-corrected chi connectivity index (χ0v) is 15.4. The smallest absolute Gasteiger partial charge is 0.279 e. The molecule has 1 saturated heterocycles. The first-order valence-electron chi connectivity index (χ1n) is 9.10. The molecule has 4 rings (SSSR count). The third-order valence-electron chi connectivity index (χ3n) is 5.03. The lowest BCUT2D eigenvalue weighted by Gasteiger charge is -2.35. The summed E-state index contributed by atoms with van der Waals surface area (Å²) in [7, 11) is 1.90. The van der Waals surface area contributed by atoms with E-state index in [0.717, 1.165) is 11.3 Å². The van der Waals surface area contributed by atoms with Gasteiger partial charge in [-0.25, -0.2) is 4.98 Å². The first-order chi connectivity index (χ1) is 13.1. The molecule has 3 heterocycles. The number of carbonyl (C=O) groups excluding carboxylic acids is 1. The average Bonchev–Trinajstić information content (AvgIpc) is 3.14. The molecule has 1 aliphatic rings. The molecule has 1 aromatic carbocycles. The highest BCUT2D eigenvalue weighted by Crippen LogP contribution is 2.22. The Morgan fingerprint density at radius 1 is 1.33 bits per heavy atom. The van der Waals surface area contributed by atoms with Gasteiger partial charge < -0.3 is 14.8 Å². The van der Waals surface area contributed by atoms with Gasteiger partial charge in [-0.05, 0) is 19.1 Å². The monoisotopic (exact) mass is 366 g/mol. The number of aromatic nitrogens is 4. The number of fused-ring (bicyclic) bond motifs is 1. The molecule has 1 unspecified atom stereocenters. The second kappa shape index (κ2) is 6.96. The summed E-state index contributed by atoms with van der Waals surface area (Å²) in [5.41, 5.74) is 0.386. The minimum absolute atomic E-state index is 0.0309. The predicted octanol–water partition coefficient (Wildman–Crippen LogP) is 0.937. The summed E-state index contributed by atoms with van der Waals surface area (Å²) in [6.07, 6.45) is 3.57. The quantitative estimate of drug-likeness (QED) is 0.746. The van der Waals surface area contributed by atoms with Crippen molar-refractivity contribution in [1.29, 1.82) is 0 Å². The van der Waals surface area contributed by atoms with Gasteiger partial charge in [0.05, 0.1) is 5.52 Å². The molecular formula is C19H22N6O2. The van der Waals surface area contributed by atoms with Crippen molar-refractivity contribution in [3.05, 3.63) is 58.4 Å². The van der Waals surface area contributed by atoms with Gasteiger partial charge in [-0.2, -0.15) is 5.10 Å². The lowest BCUT2D eigenvalue weighted by atomic mass is 10.1. The van der Waals surface area contributed by atoms with Crippen molar-refractivity contribution in [3.63, 3.8) is 0 Å². The van der Waals surface area contributed by atoms with Crippen LogP contribution in [0.1, 0.15) is 29.3 Å². The number of nitrogens with one attached hydrogen (secondary N) is 1. The van der Waals surface area contributed by atoms with Crippen LogP contribution < -0.4 is 10.7 Å². The van der Waals surface area contributed by atoms with E-state index in [9.17, 15) is 9.59 Å². The van der Waals surface area contributed by atoms with Gasteiger partial charge in [-0.1, -0.05) is 12.1 Å². The molecule has 140 valence electrons. The number of carbonyl (C=O) groups is 1. The maximum Gasteiger partial charge on any atom is 0.279 e. The number of hydrogen-bond donors (Lipinski definition) is 1. The lowest BCUT2D eigenvalue weighted by Crippen LogP contribution is -2.50. The van der Waals surface area contributed by atoms with Crippen LogP contribution in [0.15, 0.2) is 41.5 Å². The SMILES string of the molecule is CCn1nc(C(=O)N2CCNCC2c2nccn2C)c(=O)c2ccccc21. The summed E-state index contributed by atoms with van der Waals surface area (Å²) in [6, 6.07) is 7.03. The fourth-order valence-electron chi connectivity index (χ4n) is 3.63. The van der Waals surface area contributed by atoms with Gasteiger partial charge in [-0.3, -0.25) is 14.3 Å². The van der Waals surface area contributed by atoms with Crippen LogP contribution in [0.5, 0.6) is 0 Å². The third-order valence-corrected chi connectivity index (χ3v) is 5.03. The minimum Gasteiger partial charge on any atom is -0.336 e. The van der Waals surface area contributed by atoms with Crippen molar-refractivity contribution in [2.24, 2.45) is 7.05 Å². The Morgan fingerprint density at radius 3 is 2.89 bits per heavy atom. The lowest BCUT2D eigenvalue weighted by molar-refractivity contribution is 0.0611. The highest BCUT2D eigenvalue weighted by atomic mass is 16.2. The third kappa shape index (κ3) is 2.91. The van der Waals surface area contributed by atoms with Crippen LogP contribution in [0.4, 0.5) is 0 Å². The molecule has 0 aliphatic carbocycles. The summed E-state index contributed by atoms with van der Waals surface area (Å²) in [5.74, 6) is 0.439. The van der Waals surface area contributed by atoms with Gasteiger partial charge in [0.25, 0.3) is 5.91 Å². The van der Waals surface area contributed by atoms with Gasteiger partial charge in [-0.15, -0.1) is 0 Å². The Balaban J connectivity index is 1.81. The van der Waals surface area contributed by atoms with Crippen LogP contribution in [-0.4, -0.2) is 49.8 Å². The van der Waals surface area contributed by atoms with Gasteiger partial charge in [0, 0.05) is 51.0 Å². The van der Waals surface area contributed by atoms with Crippen LogP contribution in [-0.2, 0) is 13.6 Å². The molecule has 3 aromatic rings. The van der Waals surface area contributed by atoms with E-state index in [1.807, 2.05) is 36.9 Å². The van der Waals surface area contributed by atoms with Gasteiger partial charge in [0.2, 0.25) is 5.43 Å². The molecule has 1 amide bonds. The molecule has 27 heavy (non-hydrogen) atoms. The molecule has 0 saturated carbocycles. The normalized spacial score (nSPS) is 17.4. The fourth-order valence-corrected chi connectivity index (χ4v) is 3.63. The number of aryl methyl sites for hydroxylation is 2. The molecule has 1 atom stereocenters. The summed E-state index contributed by atoms with van der Waals surface area (Å²) < 4.78 is 3.61. The number of nitrogens with zero attached hydrogens (tertiary/aromatic N) is 5.